The predicted octanol–water partition coefficient (Wildman–Crippen LogP) is 4.97. The van der Waals surface area contributed by atoms with Crippen LogP contribution >= 0.6 is 0 Å². The van der Waals surface area contributed by atoms with E-state index < -0.39 is 0 Å². The van der Waals surface area contributed by atoms with Gasteiger partial charge in [0.05, 0.1) is 28.2 Å². The lowest BCUT2D eigenvalue weighted by molar-refractivity contribution is 0.648. The van der Waals surface area contributed by atoms with E-state index in [0.717, 1.165) is 39.0 Å². The maximum absolute atomic E-state index is 9.72. The van der Waals surface area contributed by atoms with Crippen molar-refractivity contribution in [3.8, 4) is 12.1 Å². The minimum atomic E-state index is -0.0588. The van der Waals surface area contributed by atoms with Gasteiger partial charge >= 0.3 is 0 Å². The monoisotopic (exact) mass is 379 g/mol. The van der Waals surface area contributed by atoms with Gasteiger partial charge in [0, 0.05) is 24.0 Å². The Kier molecular flexibility index (Phi) is 3.53. The smallest absolute Gasteiger partial charge is 0.227 e. The van der Waals surface area contributed by atoms with Crippen molar-refractivity contribution in [2.75, 3.05) is 16.8 Å². The van der Waals surface area contributed by atoms with E-state index in [2.05, 4.69) is 48.0 Å². The molecule has 6 nitrogen and oxygen atoms in total. The van der Waals surface area contributed by atoms with Crippen LogP contribution in [0.5, 0.6) is 0 Å². The zero-order valence-electron chi connectivity index (χ0n) is 16.3. The molecule has 0 fully saturated rings. The van der Waals surface area contributed by atoms with Gasteiger partial charge in [-0.2, -0.15) is 10.5 Å². The zero-order chi connectivity index (χ0) is 20.3. The molecule has 3 heterocycles. The first-order valence-electron chi connectivity index (χ1n) is 9.33. The average Bonchev–Trinajstić information content (AvgIpc) is 3.23. The number of hydrogen-bond acceptors (Lipinski definition) is 6. The molecular weight excluding hydrogens is 362 g/mol. The molecule has 0 N–H and O–H groups in total. The Labute approximate surface area is 167 Å². The summed E-state index contributed by atoms with van der Waals surface area (Å²) in [6.07, 6.45) is 1.66. The summed E-state index contributed by atoms with van der Waals surface area (Å²) in [6, 6.07) is 16.0. The maximum atomic E-state index is 9.72. The van der Waals surface area contributed by atoms with E-state index in [9.17, 15) is 10.5 Å². The fraction of sp³-hybridized carbons (Fsp3) is 0.174. The maximum Gasteiger partial charge on any atom is 0.227 e. The van der Waals surface area contributed by atoms with Gasteiger partial charge in [0.15, 0.2) is 5.58 Å². The Balaban J connectivity index is 1.85. The highest BCUT2D eigenvalue weighted by atomic mass is 16.3. The van der Waals surface area contributed by atoms with E-state index in [1.165, 1.54) is 0 Å². The van der Waals surface area contributed by atoms with Crippen LogP contribution < -0.4 is 9.80 Å². The Hall–Kier alpha value is -4.03. The van der Waals surface area contributed by atoms with Crippen LogP contribution in [0.1, 0.15) is 23.6 Å². The van der Waals surface area contributed by atoms with Crippen molar-refractivity contribution in [1.29, 1.82) is 10.5 Å². The van der Waals surface area contributed by atoms with E-state index in [0.29, 0.717) is 16.8 Å². The second-order valence-electron chi connectivity index (χ2n) is 7.26. The third-order valence-corrected chi connectivity index (χ3v) is 5.77. The number of nitrogens with zero attached hydrogens (tertiary/aromatic N) is 5. The minimum Gasteiger partial charge on any atom is -0.435 e. The van der Waals surface area contributed by atoms with Gasteiger partial charge in [-0.05, 0) is 43.7 Å². The third-order valence-electron chi connectivity index (χ3n) is 5.77. The molecule has 0 saturated heterocycles. The molecular formula is C23H17N5O. The molecule has 0 unspecified atom stereocenters. The van der Waals surface area contributed by atoms with Crippen LogP contribution in [0.25, 0.3) is 22.1 Å². The van der Waals surface area contributed by atoms with Crippen molar-refractivity contribution in [3.63, 3.8) is 0 Å². The highest BCUT2D eigenvalue weighted by molar-refractivity contribution is 6.10. The van der Waals surface area contributed by atoms with Gasteiger partial charge in [0.1, 0.15) is 18.3 Å². The number of fused-ring (bicyclic) bond motifs is 4. The molecule has 5 rings (SSSR count). The van der Waals surface area contributed by atoms with Gasteiger partial charge in [-0.15, -0.1) is 0 Å². The molecule has 0 saturated carbocycles. The quantitative estimate of drug-likeness (QED) is 0.465. The second kappa shape index (κ2) is 5.98. The molecule has 29 heavy (non-hydrogen) atoms. The highest BCUT2D eigenvalue weighted by Gasteiger charge is 2.37. The van der Waals surface area contributed by atoms with Gasteiger partial charge in [-0.3, -0.25) is 0 Å². The Morgan fingerprint density at radius 1 is 1.03 bits per heavy atom. The van der Waals surface area contributed by atoms with Gasteiger partial charge < -0.3 is 14.2 Å². The first-order valence-corrected chi connectivity index (χ1v) is 9.33. The molecule has 1 aliphatic heterocycles. The summed E-state index contributed by atoms with van der Waals surface area (Å²) in [4.78, 5) is 8.58. The standard InChI is InChI=1S/C23H17N5O/c1-13-6-8-16-17-5-4-10-26-23(17)29-22(16)20(13)28-14(2)27(3)21-18(12-25)15(11-24)7-9-19(21)28/h4-10,14H,1-3H3/t14-/m0/s1. The van der Waals surface area contributed by atoms with E-state index in [1.807, 2.05) is 30.1 Å². The first-order chi connectivity index (χ1) is 14.1. The molecule has 4 aromatic rings. The molecule has 2 aromatic carbocycles. The normalized spacial score (nSPS) is 15.6. The molecule has 1 atom stereocenters. The number of aryl methyl sites for hydroxylation is 1. The summed E-state index contributed by atoms with van der Waals surface area (Å²) in [6.45, 7) is 4.13. The number of aromatic nitrogens is 1. The van der Waals surface area contributed by atoms with Gasteiger partial charge in [0.2, 0.25) is 5.71 Å². The summed E-state index contributed by atoms with van der Waals surface area (Å²) in [5.74, 6) is 0. The molecule has 0 amide bonds. The SMILES string of the molecule is Cc1ccc2c(oc3ncccc32)c1N1c2ccc(C#N)c(C#N)c2N(C)[C@@H]1C. The van der Waals surface area contributed by atoms with Crippen molar-refractivity contribution < 1.29 is 4.42 Å². The molecule has 0 bridgehead atoms. The topological polar surface area (TPSA) is 80.1 Å². The largest absolute Gasteiger partial charge is 0.435 e. The van der Waals surface area contributed by atoms with Crippen molar-refractivity contribution >= 4 is 39.1 Å². The number of furan rings is 1. The van der Waals surface area contributed by atoms with E-state index in [1.54, 1.807) is 12.3 Å². The van der Waals surface area contributed by atoms with Crippen molar-refractivity contribution in [2.45, 2.75) is 20.0 Å². The first kappa shape index (κ1) is 17.1. The van der Waals surface area contributed by atoms with Crippen LogP contribution in [0.2, 0.25) is 0 Å². The Morgan fingerprint density at radius 2 is 1.86 bits per heavy atom. The lowest BCUT2D eigenvalue weighted by Gasteiger charge is -2.29. The van der Waals surface area contributed by atoms with Crippen LogP contribution in [0.15, 0.2) is 47.0 Å². The van der Waals surface area contributed by atoms with Gasteiger partial charge in [-0.1, -0.05) is 12.1 Å². The third kappa shape index (κ3) is 2.17. The van der Waals surface area contributed by atoms with Crippen molar-refractivity contribution in [2.24, 2.45) is 0 Å². The van der Waals surface area contributed by atoms with Crippen molar-refractivity contribution in [3.05, 3.63) is 59.3 Å². The Bertz CT molecular complexity index is 1390. The van der Waals surface area contributed by atoms with Gasteiger partial charge in [0.25, 0.3) is 0 Å². The number of hydrogen-bond donors (Lipinski definition) is 0. The molecule has 1 aliphatic rings. The van der Waals surface area contributed by atoms with Crippen molar-refractivity contribution in [1.82, 2.24) is 4.98 Å². The Morgan fingerprint density at radius 3 is 2.62 bits per heavy atom. The van der Waals surface area contributed by atoms with E-state index in [-0.39, 0.29) is 6.17 Å². The van der Waals surface area contributed by atoms with E-state index in [4.69, 9.17) is 4.42 Å². The molecule has 2 aromatic heterocycles. The van der Waals surface area contributed by atoms with Crippen LogP contribution in [0.3, 0.4) is 0 Å². The minimum absolute atomic E-state index is 0.0588. The highest BCUT2D eigenvalue weighted by Crippen LogP contribution is 2.49. The zero-order valence-corrected chi connectivity index (χ0v) is 16.3. The van der Waals surface area contributed by atoms with Crippen LogP contribution in [0.4, 0.5) is 17.1 Å². The number of rotatable bonds is 1. The van der Waals surface area contributed by atoms with Crippen LogP contribution in [-0.2, 0) is 0 Å². The summed E-state index contributed by atoms with van der Waals surface area (Å²) in [5, 5.41) is 21.1. The summed E-state index contributed by atoms with van der Waals surface area (Å²) < 4.78 is 6.19. The average molecular weight is 379 g/mol. The summed E-state index contributed by atoms with van der Waals surface area (Å²) >= 11 is 0. The lowest BCUT2D eigenvalue weighted by Crippen LogP contribution is -2.36. The fourth-order valence-electron chi connectivity index (χ4n) is 4.26. The predicted molar refractivity (Wildman–Crippen MR) is 112 cm³/mol. The fourth-order valence-corrected chi connectivity index (χ4v) is 4.26. The number of anilines is 3. The van der Waals surface area contributed by atoms with Gasteiger partial charge in [-0.25, -0.2) is 4.98 Å². The number of pyridine rings is 1. The second-order valence-corrected chi connectivity index (χ2v) is 7.26. The number of nitriles is 2. The molecule has 0 radical (unpaired) electrons. The van der Waals surface area contributed by atoms with E-state index >= 15 is 0 Å². The summed E-state index contributed by atoms with van der Waals surface area (Å²) in [7, 11) is 1.95. The molecule has 6 heteroatoms. The molecule has 0 spiro atoms. The number of benzene rings is 2. The molecule has 0 aliphatic carbocycles. The van der Waals surface area contributed by atoms with Crippen LogP contribution in [-0.4, -0.2) is 18.2 Å². The summed E-state index contributed by atoms with van der Waals surface area (Å²) in [5.41, 5.74) is 5.83. The lowest BCUT2D eigenvalue weighted by atomic mass is 10.0. The van der Waals surface area contributed by atoms with Crippen LogP contribution in [0, 0.1) is 29.6 Å². The molecule has 140 valence electrons.